The monoisotopic (exact) mass is 265 g/mol. The number of hydrogen-bond donors (Lipinski definition) is 2. The summed E-state index contributed by atoms with van der Waals surface area (Å²) >= 11 is 0. The van der Waals surface area contributed by atoms with Crippen LogP contribution in [-0.4, -0.2) is 22.8 Å². The van der Waals surface area contributed by atoms with Gasteiger partial charge in [0, 0.05) is 24.6 Å². The SMILES string of the molecule is CC(=O)Nc1ccc(C(=O)NC(C)C)cc1[N+](=O)[O-]. The third kappa shape index (κ3) is 4.06. The van der Waals surface area contributed by atoms with Gasteiger partial charge in [-0.05, 0) is 26.0 Å². The van der Waals surface area contributed by atoms with Crippen LogP contribution in [0.5, 0.6) is 0 Å². The summed E-state index contributed by atoms with van der Waals surface area (Å²) in [6.45, 7) is 4.83. The van der Waals surface area contributed by atoms with Gasteiger partial charge in [0.1, 0.15) is 5.69 Å². The molecule has 2 N–H and O–H groups in total. The number of anilines is 1. The van der Waals surface area contributed by atoms with E-state index in [4.69, 9.17) is 0 Å². The summed E-state index contributed by atoms with van der Waals surface area (Å²) in [5.74, 6) is -0.810. The van der Waals surface area contributed by atoms with E-state index in [2.05, 4.69) is 10.6 Å². The molecule has 0 aliphatic rings. The van der Waals surface area contributed by atoms with Crippen LogP contribution in [0, 0.1) is 10.1 Å². The van der Waals surface area contributed by atoms with Crippen LogP contribution in [0.25, 0.3) is 0 Å². The molecule has 0 spiro atoms. The number of nitro benzene ring substituents is 1. The molecular formula is C12H15N3O4. The van der Waals surface area contributed by atoms with E-state index in [0.29, 0.717) is 0 Å². The molecule has 1 aromatic carbocycles. The van der Waals surface area contributed by atoms with Crippen molar-refractivity contribution in [3.63, 3.8) is 0 Å². The molecule has 0 atom stereocenters. The molecule has 0 saturated heterocycles. The van der Waals surface area contributed by atoms with Crippen LogP contribution >= 0.6 is 0 Å². The van der Waals surface area contributed by atoms with Gasteiger partial charge in [-0.2, -0.15) is 0 Å². The van der Waals surface area contributed by atoms with Gasteiger partial charge >= 0.3 is 0 Å². The maximum absolute atomic E-state index is 11.7. The fourth-order valence-electron chi connectivity index (χ4n) is 1.46. The molecule has 0 unspecified atom stereocenters. The standard InChI is InChI=1S/C12H15N3O4/c1-7(2)13-12(17)9-4-5-10(14-8(3)16)11(6-9)15(18)19/h4-7H,1-3H3,(H,13,17)(H,14,16). The third-order valence-electron chi connectivity index (χ3n) is 2.19. The lowest BCUT2D eigenvalue weighted by molar-refractivity contribution is -0.384. The van der Waals surface area contributed by atoms with Gasteiger partial charge in [0.25, 0.3) is 11.6 Å². The molecule has 0 aromatic heterocycles. The largest absolute Gasteiger partial charge is 0.350 e. The van der Waals surface area contributed by atoms with Crippen molar-refractivity contribution in [1.82, 2.24) is 5.32 Å². The fraction of sp³-hybridized carbons (Fsp3) is 0.333. The van der Waals surface area contributed by atoms with Crippen molar-refractivity contribution in [2.75, 3.05) is 5.32 Å². The van der Waals surface area contributed by atoms with E-state index >= 15 is 0 Å². The van der Waals surface area contributed by atoms with Crippen LogP contribution in [0.1, 0.15) is 31.1 Å². The average Bonchev–Trinajstić information content (AvgIpc) is 2.27. The van der Waals surface area contributed by atoms with E-state index in [9.17, 15) is 19.7 Å². The number of carbonyl (C=O) groups is 2. The number of hydrogen-bond acceptors (Lipinski definition) is 4. The lowest BCUT2D eigenvalue weighted by atomic mass is 10.1. The first-order valence-corrected chi connectivity index (χ1v) is 5.68. The molecule has 0 heterocycles. The number of nitrogens with zero attached hydrogens (tertiary/aromatic N) is 1. The number of nitrogens with one attached hydrogen (secondary N) is 2. The first kappa shape index (κ1) is 14.6. The summed E-state index contributed by atoms with van der Waals surface area (Å²) in [6.07, 6.45) is 0. The molecule has 0 aliphatic heterocycles. The van der Waals surface area contributed by atoms with Gasteiger partial charge in [-0.25, -0.2) is 0 Å². The second kappa shape index (κ2) is 5.94. The summed E-state index contributed by atoms with van der Waals surface area (Å²) in [5, 5.41) is 15.9. The lowest BCUT2D eigenvalue weighted by Crippen LogP contribution is -2.30. The summed E-state index contributed by atoms with van der Waals surface area (Å²) < 4.78 is 0. The van der Waals surface area contributed by atoms with Gasteiger partial charge in [0.05, 0.1) is 4.92 Å². The molecule has 7 heteroatoms. The Hall–Kier alpha value is -2.44. The molecule has 0 radical (unpaired) electrons. The highest BCUT2D eigenvalue weighted by Gasteiger charge is 2.18. The van der Waals surface area contributed by atoms with E-state index in [1.165, 1.54) is 19.1 Å². The summed E-state index contributed by atoms with van der Waals surface area (Å²) in [4.78, 5) is 33.0. The van der Waals surface area contributed by atoms with E-state index in [0.717, 1.165) is 6.07 Å². The van der Waals surface area contributed by atoms with Crippen LogP contribution in [0.3, 0.4) is 0 Å². The van der Waals surface area contributed by atoms with Crippen molar-refractivity contribution >= 4 is 23.2 Å². The normalized spacial score (nSPS) is 10.1. The van der Waals surface area contributed by atoms with Gasteiger partial charge in [-0.3, -0.25) is 19.7 Å². The average molecular weight is 265 g/mol. The van der Waals surface area contributed by atoms with E-state index < -0.39 is 16.7 Å². The van der Waals surface area contributed by atoms with Crippen molar-refractivity contribution < 1.29 is 14.5 Å². The molecule has 19 heavy (non-hydrogen) atoms. The molecule has 2 amide bonds. The Morgan fingerprint density at radius 1 is 1.32 bits per heavy atom. The van der Waals surface area contributed by atoms with Crippen molar-refractivity contribution in [1.29, 1.82) is 0 Å². The van der Waals surface area contributed by atoms with Crippen LogP contribution in [-0.2, 0) is 4.79 Å². The van der Waals surface area contributed by atoms with E-state index in [-0.39, 0.29) is 23.0 Å². The molecule has 7 nitrogen and oxygen atoms in total. The van der Waals surface area contributed by atoms with Crippen molar-refractivity contribution in [3.05, 3.63) is 33.9 Å². The number of nitro groups is 1. The minimum absolute atomic E-state index is 0.0680. The Morgan fingerprint density at radius 3 is 2.42 bits per heavy atom. The highest BCUT2D eigenvalue weighted by molar-refractivity contribution is 5.97. The zero-order valence-corrected chi connectivity index (χ0v) is 10.9. The van der Waals surface area contributed by atoms with Gasteiger partial charge in [-0.1, -0.05) is 0 Å². The minimum atomic E-state index is -0.641. The zero-order chi connectivity index (χ0) is 14.6. The molecule has 0 aliphatic carbocycles. The number of amides is 2. The highest BCUT2D eigenvalue weighted by atomic mass is 16.6. The number of benzene rings is 1. The summed E-state index contributed by atoms with van der Waals surface area (Å²) in [7, 11) is 0. The predicted molar refractivity (Wildman–Crippen MR) is 70.0 cm³/mol. The Labute approximate surface area is 110 Å². The van der Waals surface area contributed by atoms with Crippen LogP contribution in [0.15, 0.2) is 18.2 Å². The third-order valence-corrected chi connectivity index (χ3v) is 2.19. The fourth-order valence-corrected chi connectivity index (χ4v) is 1.46. The van der Waals surface area contributed by atoms with Gasteiger partial charge in [-0.15, -0.1) is 0 Å². The van der Waals surface area contributed by atoms with Crippen LogP contribution in [0.4, 0.5) is 11.4 Å². The predicted octanol–water partition coefficient (Wildman–Crippen LogP) is 1.69. The summed E-state index contributed by atoms with van der Waals surface area (Å²) in [5.41, 5.74) is -0.0697. The van der Waals surface area contributed by atoms with Crippen molar-refractivity contribution in [2.24, 2.45) is 0 Å². The summed E-state index contributed by atoms with van der Waals surface area (Å²) in [6, 6.07) is 3.84. The first-order chi connectivity index (χ1) is 8.81. The molecule has 0 fully saturated rings. The van der Waals surface area contributed by atoms with Crippen molar-refractivity contribution in [2.45, 2.75) is 26.8 Å². The molecule has 1 rings (SSSR count). The smallest absolute Gasteiger partial charge is 0.293 e. The van der Waals surface area contributed by atoms with Gasteiger partial charge in [0.15, 0.2) is 0 Å². The Balaban J connectivity index is 3.12. The molecule has 1 aromatic rings. The second-order valence-corrected chi connectivity index (χ2v) is 4.30. The number of rotatable bonds is 4. The van der Waals surface area contributed by atoms with Crippen LogP contribution in [0.2, 0.25) is 0 Å². The Bertz CT molecular complexity index is 526. The van der Waals surface area contributed by atoms with Gasteiger partial charge < -0.3 is 10.6 Å². The maximum atomic E-state index is 11.7. The molecule has 0 saturated carbocycles. The molecule has 102 valence electrons. The lowest BCUT2D eigenvalue weighted by Gasteiger charge is -2.09. The molecular weight excluding hydrogens is 250 g/mol. The maximum Gasteiger partial charge on any atom is 0.293 e. The highest BCUT2D eigenvalue weighted by Crippen LogP contribution is 2.25. The Kier molecular flexibility index (Phi) is 4.57. The second-order valence-electron chi connectivity index (χ2n) is 4.30. The topological polar surface area (TPSA) is 101 Å². The zero-order valence-electron chi connectivity index (χ0n) is 10.9. The quantitative estimate of drug-likeness (QED) is 0.638. The van der Waals surface area contributed by atoms with Crippen molar-refractivity contribution in [3.8, 4) is 0 Å². The van der Waals surface area contributed by atoms with E-state index in [1.54, 1.807) is 13.8 Å². The van der Waals surface area contributed by atoms with Gasteiger partial charge in [0.2, 0.25) is 5.91 Å². The first-order valence-electron chi connectivity index (χ1n) is 5.68. The minimum Gasteiger partial charge on any atom is -0.350 e. The van der Waals surface area contributed by atoms with Crippen LogP contribution < -0.4 is 10.6 Å². The number of carbonyl (C=O) groups excluding carboxylic acids is 2. The molecule has 0 bridgehead atoms. The van der Waals surface area contributed by atoms with E-state index in [1.807, 2.05) is 0 Å². The Morgan fingerprint density at radius 2 is 1.95 bits per heavy atom.